The first-order valence-corrected chi connectivity index (χ1v) is 10.4. The fraction of sp³-hybridized carbons (Fsp3) is 0.227. The van der Waals surface area contributed by atoms with E-state index in [1.165, 1.54) is 29.0 Å². The van der Waals surface area contributed by atoms with E-state index in [0.29, 0.717) is 12.5 Å². The van der Waals surface area contributed by atoms with Crippen LogP contribution >= 0.6 is 11.3 Å². The molecule has 0 aliphatic heterocycles. The maximum atomic E-state index is 13.1. The number of aromatic nitrogens is 3. The van der Waals surface area contributed by atoms with Gasteiger partial charge in [0.15, 0.2) is 10.6 Å². The zero-order chi connectivity index (χ0) is 20.1. The lowest BCUT2D eigenvalue weighted by Crippen LogP contribution is -2.23. The quantitative estimate of drug-likeness (QED) is 0.464. The summed E-state index contributed by atoms with van der Waals surface area (Å²) in [5, 5.41) is 3.38. The van der Waals surface area contributed by atoms with Crippen molar-refractivity contribution in [3.63, 3.8) is 0 Å². The van der Waals surface area contributed by atoms with E-state index in [4.69, 9.17) is 4.98 Å². The number of likely N-dealkylation sites (N-methyl/N-ethyl adjacent to an activating group) is 1. The van der Waals surface area contributed by atoms with Crippen LogP contribution in [0.3, 0.4) is 0 Å². The number of hydrogen-bond donors (Lipinski definition) is 1. The molecule has 0 fully saturated rings. The van der Waals surface area contributed by atoms with Gasteiger partial charge in [-0.25, -0.2) is 9.37 Å². The van der Waals surface area contributed by atoms with Crippen LogP contribution in [0.5, 0.6) is 0 Å². The zero-order valence-electron chi connectivity index (χ0n) is 16.2. The monoisotopic (exact) mass is 407 g/mol. The van der Waals surface area contributed by atoms with E-state index < -0.39 is 0 Å². The number of halogens is 1. The summed E-state index contributed by atoms with van der Waals surface area (Å²) in [5.74, 6) is 1.20. The maximum Gasteiger partial charge on any atom is 0.228 e. The topological polar surface area (TPSA) is 53.9 Å². The molecule has 0 aliphatic rings. The molecule has 0 radical (unpaired) electrons. The minimum atomic E-state index is -0.218. The molecule has 0 saturated heterocycles. The fourth-order valence-corrected chi connectivity index (χ4v) is 3.72. The van der Waals surface area contributed by atoms with E-state index in [2.05, 4.69) is 44.5 Å². The largest absolute Gasteiger partial charge is 0.368 e. The Labute approximate surface area is 173 Å². The normalized spacial score (nSPS) is 11.0. The van der Waals surface area contributed by atoms with Gasteiger partial charge < -0.3 is 10.2 Å². The van der Waals surface area contributed by atoms with Gasteiger partial charge in [0.1, 0.15) is 11.3 Å². The molecule has 2 aromatic heterocycles. The van der Waals surface area contributed by atoms with Gasteiger partial charge in [0.25, 0.3) is 0 Å². The highest BCUT2D eigenvalue weighted by molar-refractivity contribution is 7.16. The molecule has 7 heteroatoms. The van der Waals surface area contributed by atoms with Crippen molar-refractivity contribution < 1.29 is 4.39 Å². The van der Waals surface area contributed by atoms with Gasteiger partial charge in [-0.05, 0) is 36.1 Å². The molecule has 4 rings (SSSR count). The molecule has 0 bridgehead atoms. The maximum absolute atomic E-state index is 13.1. The van der Waals surface area contributed by atoms with Crippen LogP contribution < -0.4 is 10.2 Å². The molecule has 0 aliphatic carbocycles. The standard InChI is InChI=1S/C22H22FN5S/c1-28(14-12-16-5-3-2-4-6-16)22-26-20(19-21(27-22)29-15-25-19)24-13-11-17-7-9-18(23)10-8-17/h2-10,15H,11-14H2,1H3,(H,24,26,27). The van der Waals surface area contributed by atoms with Gasteiger partial charge in [-0.15, -0.1) is 11.3 Å². The van der Waals surface area contributed by atoms with Crippen LogP contribution in [-0.4, -0.2) is 35.1 Å². The predicted molar refractivity (Wildman–Crippen MR) is 117 cm³/mol. The number of thiazole rings is 1. The Balaban J connectivity index is 1.45. The average molecular weight is 408 g/mol. The van der Waals surface area contributed by atoms with E-state index in [1.54, 1.807) is 17.6 Å². The van der Waals surface area contributed by atoms with Crippen molar-refractivity contribution in [1.82, 2.24) is 15.0 Å². The highest BCUT2D eigenvalue weighted by Gasteiger charge is 2.13. The Hall–Kier alpha value is -3.06. The van der Waals surface area contributed by atoms with E-state index >= 15 is 0 Å². The molecule has 1 N–H and O–H groups in total. The van der Waals surface area contributed by atoms with Crippen molar-refractivity contribution in [3.8, 4) is 0 Å². The van der Waals surface area contributed by atoms with Crippen LogP contribution in [0.2, 0.25) is 0 Å². The summed E-state index contributed by atoms with van der Waals surface area (Å²) in [6.07, 6.45) is 1.70. The van der Waals surface area contributed by atoms with Crippen molar-refractivity contribution >= 4 is 33.5 Å². The number of nitrogens with zero attached hydrogens (tertiary/aromatic N) is 4. The molecule has 0 saturated carbocycles. The number of hydrogen-bond acceptors (Lipinski definition) is 6. The van der Waals surface area contributed by atoms with Gasteiger partial charge in [-0.2, -0.15) is 9.97 Å². The van der Waals surface area contributed by atoms with Crippen molar-refractivity contribution in [1.29, 1.82) is 0 Å². The molecule has 0 amide bonds. The third-order valence-electron chi connectivity index (χ3n) is 4.73. The molecular weight excluding hydrogens is 385 g/mol. The molecule has 0 spiro atoms. The van der Waals surface area contributed by atoms with Crippen LogP contribution in [-0.2, 0) is 12.8 Å². The van der Waals surface area contributed by atoms with Crippen LogP contribution in [0.1, 0.15) is 11.1 Å². The van der Waals surface area contributed by atoms with Crippen molar-refractivity contribution in [2.45, 2.75) is 12.8 Å². The number of fused-ring (bicyclic) bond motifs is 1. The zero-order valence-corrected chi connectivity index (χ0v) is 17.0. The van der Waals surface area contributed by atoms with E-state index in [-0.39, 0.29) is 5.82 Å². The van der Waals surface area contributed by atoms with Crippen LogP contribution in [0.25, 0.3) is 10.3 Å². The number of rotatable bonds is 8. The first kappa shape index (κ1) is 19.3. The molecule has 5 nitrogen and oxygen atoms in total. The van der Waals surface area contributed by atoms with Gasteiger partial charge >= 0.3 is 0 Å². The third-order valence-corrected chi connectivity index (χ3v) is 5.44. The molecule has 2 heterocycles. The second kappa shape index (κ2) is 8.96. The van der Waals surface area contributed by atoms with Crippen LogP contribution in [0.4, 0.5) is 16.2 Å². The lowest BCUT2D eigenvalue weighted by Gasteiger charge is -2.18. The van der Waals surface area contributed by atoms with Gasteiger partial charge in [0, 0.05) is 20.1 Å². The Kier molecular flexibility index (Phi) is 5.95. The summed E-state index contributed by atoms with van der Waals surface area (Å²) in [7, 11) is 2.01. The molecule has 2 aromatic carbocycles. The Morgan fingerprint density at radius 3 is 2.52 bits per heavy atom. The van der Waals surface area contributed by atoms with Crippen molar-refractivity contribution in [3.05, 3.63) is 77.1 Å². The molecule has 29 heavy (non-hydrogen) atoms. The van der Waals surface area contributed by atoms with Crippen LogP contribution in [0.15, 0.2) is 60.1 Å². The Morgan fingerprint density at radius 1 is 0.966 bits per heavy atom. The lowest BCUT2D eigenvalue weighted by atomic mass is 10.1. The van der Waals surface area contributed by atoms with Crippen LogP contribution in [0, 0.1) is 5.82 Å². The average Bonchev–Trinajstić information content (AvgIpc) is 3.23. The molecule has 0 atom stereocenters. The molecule has 148 valence electrons. The Morgan fingerprint density at radius 2 is 1.72 bits per heavy atom. The van der Waals surface area contributed by atoms with Gasteiger partial charge in [-0.1, -0.05) is 42.5 Å². The fourth-order valence-electron chi connectivity index (χ4n) is 3.06. The highest BCUT2D eigenvalue weighted by atomic mass is 32.1. The van der Waals surface area contributed by atoms with Crippen molar-refractivity contribution in [2.24, 2.45) is 0 Å². The summed E-state index contributed by atoms with van der Waals surface area (Å²) >= 11 is 1.51. The lowest BCUT2D eigenvalue weighted by molar-refractivity contribution is 0.627. The number of anilines is 2. The van der Waals surface area contributed by atoms with Gasteiger partial charge in [0.05, 0.1) is 5.51 Å². The van der Waals surface area contributed by atoms with E-state index in [9.17, 15) is 4.39 Å². The second-order valence-electron chi connectivity index (χ2n) is 6.84. The SMILES string of the molecule is CN(CCc1ccccc1)c1nc(NCCc2ccc(F)cc2)c2ncsc2n1. The molecule has 4 aromatic rings. The van der Waals surface area contributed by atoms with E-state index in [0.717, 1.165) is 41.1 Å². The summed E-state index contributed by atoms with van der Waals surface area (Å²) in [6.45, 7) is 1.51. The minimum Gasteiger partial charge on any atom is -0.368 e. The summed E-state index contributed by atoms with van der Waals surface area (Å²) < 4.78 is 13.1. The van der Waals surface area contributed by atoms with E-state index in [1.807, 2.05) is 13.1 Å². The Bertz CT molecular complexity index is 1070. The first-order valence-electron chi connectivity index (χ1n) is 9.53. The first-order chi connectivity index (χ1) is 14.2. The minimum absolute atomic E-state index is 0.218. The predicted octanol–water partition coefficient (Wildman–Crippen LogP) is 4.56. The summed E-state index contributed by atoms with van der Waals surface area (Å²) in [5.41, 5.74) is 4.94. The van der Waals surface area contributed by atoms with Crippen molar-refractivity contribution in [2.75, 3.05) is 30.4 Å². The molecular formula is C22H22FN5S. The highest BCUT2D eigenvalue weighted by Crippen LogP contribution is 2.25. The molecule has 0 unspecified atom stereocenters. The smallest absolute Gasteiger partial charge is 0.228 e. The summed E-state index contributed by atoms with van der Waals surface area (Å²) in [6, 6.07) is 17.0. The number of benzene rings is 2. The second-order valence-corrected chi connectivity index (χ2v) is 7.67. The third kappa shape index (κ3) is 4.86. The summed E-state index contributed by atoms with van der Waals surface area (Å²) in [4.78, 5) is 16.7. The van der Waals surface area contributed by atoms with Gasteiger partial charge in [-0.3, -0.25) is 0 Å². The van der Waals surface area contributed by atoms with Gasteiger partial charge in [0.2, 0.25) is 5.95 Å². The number of nitrogens with one attached hydrogen (secondary N) is 1.